The van der Waals surface area contributed by atoms with E-state index in [0.717, 1.165) is 6.07 Å². The molecule has 1 aliphatic rings. The number of primary sulfonamides is 1. The van der Waals surface area contributed by atoms with Gasteiger partial charge in [0.05, 0.1) is 16.5 Å². The highest BCUT2D eigenvalue weighted by Gasteiger charge is 2.37. The second-order valence-corrected chi connectivity index (χ2v) is 9.67. The van der Waals surface area contributed by atoms with E-state index in [9.17, 15) is 30.0 Å². The zero-order chi connectivity index (χ0) is 21.7. The third-order valence-electron chi connectivity index (χ3n) is 3.02. The summed E-state index contributed by atoms with van der Waals surface area (Å²) in [6.07, 6.45) is -6.09. The molecule has 2 rings (SSSR count). The molecule has 0 spiro atoms. The maximum Gasteiger partial charge on any atom is 0.397 e. The minimum absolute atomic E-state index is 0.0204. The van der Waals surface area contributed by atoms with Gasteiger partial charge in [0.25, 0.3) is 0 Å². The lowest BCUT2D eigenvalue weighted by Crippen LogP contribution is -2.47. The van der Waals surface area contributed by atoms with Crippen LogP contribution in [0.25, 0.3) is 0 Å². The van der Waals surface area contributed by atoms with Crippen molar-refractivity contribution in [1.82, 2.24) is 4.31 Å². The van der Waals surface area contributed by atoms with Crippen LogP contribution in [0.3, 0.4) is 0 Å². The van der Waals surface area contributed by atoms with Gasteiger partial charge in [0, 0.05) is 16.8 Å². The molecule has 0 fully saturated rings. The molecule has 1 heterocycles. The van der Waals surface area contributed by atoms with Crippen molar-refractivity contribution in [2.75, 3.05) is 23.8 Å². The summed E-state index contributed by atoms with van der Waals surface area (Å²) in [5, 5.41) is 7.03. The quantitative estimate of drug-likeness (QED) is 0.733. The Bertz CT molecular complexity index is 987. The van der Waals surface area contributed by atoms with Gasteiger partial charge in [-0.2, -0.15) is 17.5 Å². The first-order valence-electron chi connectivity index (χ1n) is 7.76. The van der Waals surface area contributed by atoms with Crippen LogP contribution in [0.5, 0.6) is 0 Å². The lowest BCUT2D eigenvalue weighted by atomic mass is 10.3. The van der Waals surface area contributed by atoms with E-state index in [1.54, 1.807) is 0 Å². The van der Waals surface area contributed by atoms with Gasteiger partial charge in [-0.1, -0.05) is 11.6 Å². The minimum Gasteiger partial charge on any atom is -0.367 e. The molecule has 25 heavy (non-hydrogen) atoms. The molecule has 0 aromatic heterocycles. The number of hydrogen-bond acceptors (Lipinski definition) is 6. The second kappa shape index (κ2) is 6.78. The highest BCUT2D eigenvalue weighted by Crippen LogP contribution is 2.37. The average Bonchev–Trinajstić information content (AvgIpc) is 2.41. The lowest BCUT2D eigenvalue weighted by Gasteiger charge is -2.35. The van der Waals surface area contributed by atoms with Gasteiger partial charge in [-0.15, -0.1) is 11.8 Å². The van der Waals surface area contributed by atoms with E-state index in [2.05, 4.69) is 5.32 Å². The van der Waals surface area contributed by atoms with E-state index in [4.69, 9.17) is 20.9 Å². The molecular formula is C11H13ClF3N3O4S3. The molecule has 1 aromatic rings. The highest BCUT2D eigenvalue weighted by molar-refractivity contribution is 7.99. The summed E-state index contributed by atoms with van der Waals surface area (Å²) in [7, 11) is -9.25. The van der Waals surface area contributed by atoms with Crippen molar-refractivity contribution >= 4 is 49.1 Å². The Morgan fingerprint density at radius 2 is 2.12 bits per heavy atom. The molecule has 0 radical (unpaired) electrons. The molecular weight excluding hydrogens is 427 g/mol. The number of benzene rings is 1. The number of halogens is 4. The zero-order valence-electron chi connectivity index (χ0n) is 15.0. The molecule has 1 aliphatic heterocycles. The smallest absolute Gasteiger partial charge is 0.367 e. The number of anilines is 1. The van der Waals surface area contributed by atoms with Crippen LogP contribution in [0.4, 0.5) is 18.9 Å². The Kier molecular flexibility index (Phi) is 4.46. The summed E-state index contributed by atoms with van der Waals surface area (Å²) in [6.45, 7) is -3.26. The minimum atomic E-state index is -4.82. The molecule has 1 atom stereocenters. The maximum absolute atomic E-state index is 12.8. The van der Waals surface area contributed by atoms with Crippen LogP contribution in [0, 0.1) is 0 Å². The number of hydrogen-bond donors (Lipinski definition) is 2. The maximum atomic E-state index is 12.8. The fourth-order valence-corrected chi connectivity index (χ4v) is 5.40. The van der Waals surface area contributed by atoms with Crippen LogP contribution in [0.15, 0.2) is 21.9 Å². The van der Waals surface area contributed by atoms with Gasteiger partial charge in [0.15, 0.2) is 0 Å². The summed E-state index contributed by atoms with van der Waals surface area (Å²) >= 11 is 6.09. The average molecular weight is 443 g/mol. The van der Waals surface area contributed by atoms with Gasteiger partial charge < -0.3 is 5.32 Å². The number of nitrogens with one attached hydrogen (secondary N) is 1. The van der Waals surface area contributed by atoms with Gasteiger partial charge in [-0.25, -0.2) is 22.0 Å². The number of nitrogens with zero attached hydrogens (tertiary/aromatic N) is 1. The standard InChI is InChI=1S/C11H13ClF3N3O4S3/c1-18-10(4-23-5-11(13,14)15)17-7-2-6(12)8(24(16,19)20)3-9(7)25(18,21)22/h2-3,10,17H,4-5H2,1H3,(H2,16,19,20)/i1D3. The Morgan fingerprint density at radius 1 is 1.48 bits per heavy atom. The largest absolute Gasteiger partial charge is 0.397 e. The van der Waals surface area contributed by atoms with Crippen LogP contribution in [-0.2, 0) is 20.0 Å². The van der Waals surface area contributed by atoms with E-state index >= 15 is 0 Å². The van der Waals surface area contributed by atoms with Gasteiger partial charge >= 0.3 is 6.18 Å². The lowest BCUT2D eigenvalue weighted by molar-refractivity contribution is -0.105. The van der Waals surface area contributed by atoms with E-state index in [1.807, 2.05) is 0 Å². The number of sulfonamides is 2. The fourth-order valence-electron chi connectivity index (χ4n) is 1.99. The van der Waals surface area contributed by atoms with Crippen molar-refractivity contribution in [2.24, 2.45) is 5.14 Å². The summed E-state index contributed by atoms with van der Waals surface area (Å²) < 4.78 is 108. The molecule has 7 nitrogen and oxygen atoms in total. The molecule has 1 aromatic carbocycles. The van der Waals surface area contributed by atoms with Crippen LogP contribution >= 0.6 is 23.4 Å². The van der Waals surface area contributed by atoms with Crippen LogP contribution in [0.2, 0.25) is 5.02 Å². The monoisotopic (exact) mass is 442 g/mol. The van der Waals surface area contributed by atoms with Gasteiger partial charge in [-0.3, -0.25) is 0 Å². The molecule has 0 saturated carbocycles. The third kappa shape index (κ3) is 4.52. The zero-order valence-corrected chi connectivity index (χ0v) is 15.2. The Hall–Kier alpha value is -0.730. The fraction of sp³-hybridized carbons (Fsp3) is 0.455. The number of thioether (sulfide) groups is 1. The summed E-state index contributed by atoms with van der Waals surface area (Å²) in [5.74, 6) is -1.87. The Balaban J connectivity index is 2.56. The van der Waals surface area contributed by atoms with Crippen molar-refractivity contribution in [3.8, 4) is 0 Å². The number of rotatable bonds is 4. The van der Waals surface area contributed by atoms with Crippen LogP contribution in [0.1, 0.15) is 4.11 Å². The highest BCUT2D eigenvalue weighted by atomic mass is 35.5. The third-order valence-corrected chi connectivity index (χ3v) is 7.15. The van der Waals surface area contributed by atoms with Gasteiger partial charge in [0.1, 0.15) is 16.0 Å². The predicted octanol–water partition coefficient (Wildman–Crippen LogP) is 1.66. The Morgan fingerprint density at radius 3 is 2.64 bits per heavy atom. The van der Waals surface area contributed by atoms with Crippen molar-refractivity contribution in [3.63, 3.8) is 0 Å². The molecule has 0 saturated heterocycles. The van der Waals surface area contributed by atoms with Crippen molar-refractivity contribution < 1.29 is 34.1 Å². The molecule has 0 aliphatic carbocycles. The normalized spacial score (nSPS) is 23.1. The van der Waals surface area contributed by atoms with Crippen molar-refractivity contribution in [3.05, 3.63) is 17.2 Å². The first-order valence-corrected chi connectivity index (χ1v) is 10.8. The first-order chi connectivity index (χ1) is 12.4. The van der Waals surface area contributed by atoms with E-state index < -0.39 is 65.7 Å². The summed E-state index contributed by atoms with van der Waals surface area (Å²) in [6, 6.07) is 1.51. The van der Waals surface area contributed by atoms with Crippen LogP contribution in [-0.4, -0.2) is 52.0 Å². The number of nitrogens with two attached hydrogens (primary N) is 1. The molecule has 0 amide bonds. The van der Waals surface area contributed by atoms with Crippen molar-refractivity contribution in [2.45, 2.75) is 22.1 Å². The van der Waals surface area contributed by atoms with Gasteiger partial charge in [0.2, 0.25) is 20.0 Å². The summed E-state index contributed by atoms with van der Waals surface area (Å²) in [5.41, 5.74) is -0.254. The molecule has 142 valence electrons. The van der Waals surface area contributed by atoms with E-state index in [1.165, 1.54) is 0 Å². The van der Waals surface area contributed by atoms with Crippen LogP contribution < -0.4 is 10.5 Å². The predicted molar refractivity (Wildman–Crippen MR) is 88.6 cm³/mol. The topological polar surface area (TPSA) is 110 Å². The SMILES string of the molecule is [2H]C([2H])([2H])N1C(CSCC(F)(F)F)Nc2cc(Cl)c(S(N)(=O)=O)cc2S1(=O)=O. The molecule has 0 bridgehead atoms. The first kappa shape index (κ1) is 16.4. The second-order valence-electron chi connectivity index (χ2n) is 4.92. The molecule has 1 unspecified atom stereocenters. The number of fused-ring (bicyclic) bond motifs is 1. The van der Waals surface area contributed by atoms with E-state index in [-0.39, 0.29) is 21.8 Å². The number of alkyl halides is 3. The molecule has 3 N–H and O–H groups in total. The summed E-state index contributed by atoms with van der Waals surface area (Å²) in [4.78, 5) is -1.47. The van der Waals surface area contributed by atoms with Crippen molar-refractivity contribution in [1.29, 1.82) is 0 Å². The van der Waals surface area contributed by atoms with E-state index in [0.29, 0.717) is 6.07 Å². The Labute approximate surface area is 156 Å². The molecule has 14 heteroatoms. The van der Waals surface area contributed by atoms with Gasteiger partial charge in [-0.05, 0) is 12.1 Å².